The minimum Gasteiger partial charge on any atom is -0.484 e. The average molecular weight is 391 g/mol. The molecule has 0 unspecified atom stereocenters. The Kier molecular flexibility index (Phi) is 6.12. The number of carbonyl (C=O) groups excluding carboxylic acids is 2. The van der Waals surface area contributed by atoms with E-state index in [1.54, 1.807) is 36.2 Å². The van der Waals surface area contributed by atoms with E-state index in [0.29, 0.717) is 17.9 Å². The van der Waals surface area contributed by atoms with E-state index < -0.39 is 0 Å². The molecule has 1 amide bonds. The van der Waals surface area contributed by atoms with Gasteiger partial charge in [-0.05, 0) is 45.0 Å². The van der Waals surface area contributed by atoms with Gasteiger partial charge in [-0.3, -0.25) is 9.59 Å². The van der Waals surface area contributed by atoms with Gasteiger partial charge in [0.15, 0.2) is 12.4 Å². The van der Waals surface area contributed by atoms with Crippen LogP contribution in [0.3, 0.4) is 0 Å². The molecule has 3 rings (SSSR count). The summed E-state index contributed by atoms with van der Waals surface area (Å²) >= 11 is 0. The Bertz CT molecular complexity index is 1030. The number of nitrogens with zero attached hydrogens (tertiary/aromatic N) is 3. The number of carbonyl (C=O) groups is 2. The van der Waals surface area contributed by atoms with Gasteiger partial charge in [0, 0.05) is 30.4 Å². The molecule has 0 aliphatic rings. The molecule has 3 aromatic rings. The Hall–Kier alpha value is -3.41. The lowest BCUT2D eigenvalue weighted by Gasteiger charge is -2.18. The molecule has 29 heavy (non-hydrogen) atoms. The maximum absolute atomic E-state index is 12.5. The summed E-state index contributed by atoms with van der Waals surface area (Å²) in [5, 5.41) is 4.63. The third kappa shape index (κ3) is 4.71. The molecule has 0 bridgehead atoms. The van der Waals surface area contributed by atoms with E-state index >= 15 is 0 Å². The lowest BCUT2D eigenvalue weighted by Crippen LogP contribution is -2.31. The number of hydrogen-bond donors (Lipinski definition) is 0. The molecule has 150 valence electrons. The van der Waals surface area contributed by atoms with Crippen LogP contribution in [0.1, 0.15) is 34.2 Å². The third-order valence-electron chi connectivity index (χ3n) is 4.87. The van der Waals surface area contributed by atoms with Crippen LogP contribution in [0, 0.1) is 13.8 Å². The molecule has 0 N–H and O–H groups in total. The standard InChI is InChI=1S/C23H25N3O3/c1-16-22(17(2)26(24-16)20-10-6-5-7-11-20)14-25(4)23(28)15-29-21-12-8-9-19(13-21)18(3)27/h5-13H,14-15H2,1-4H3. The summed E-state index contributed by atoms with van der Waals surface area (Å²) in [7, 11) is 1.75. The van der Waals surface area contributed by atoms with Crippen molar-refractivity contribution in [2.75, 3.05) is 13.7 Å². The van der Waals surface area contributed by atoms with Crippen LogP contribution >= 0.6 is 0 Å². The van der Waals surface area contributed by atoms with Gasteiger partial charge in [-0.2, -0.15) is 5.10 Å². The van der Waals surface area contributed by atoms with Crippen LogP contribution in [0.4, 0.5) is 0 Å². The van der Waals surface area contributed by atoms with Gasteiger partial charge in [0.2, 0.25) is 0 Å². The highest BCUT2D eigenvalue weighted by Crippen LogP contribution is 2.19. The van der Waals surface area contributed by atoms with E-state index in [-0.39, 0.29) is 18.3 Å². The summed E-state index contributed by atoms with van der Waals surface area (Å²) in [6.45, 7) is 5.80. The fourth-order valence-corrected chi connectivity index (χ4v) is 3.11. The number of ketones is 1. The predicted octanol–water partition coefficient (Wildman–Crippen LogP) is 3.73. The van der Waals surface area contributed by atoms with Crippen LogP contribution in [0.15, 0.2) is 54.6 Å². The zero-order valence-corrected chi connectivity index (χ0v) is 17.2. The summed E-state index contributed by atoms with van der Waals surface area (Å²) in [6.07, 6.45) is 0. The Morgan fingerprint density at radius 3 is 2.48 bits per heavy atom. The molecule has 6 nitrogen and oxygen atoms in total. The number of rotatable bonds is 7. The predicted molar refractivity (Wildman–Crippen MR) is 111 cm³/mol. The number of benzene rings is 2. The molecule has 0 spiro atoms. The first-order valence-corrected chi connectivity index (χ1v) is 9.45. The maximum Gasteiger partial charge on any atom is 0.260 e. The van der Waals surface area contributed by atoms with Gasteiger partial charge < -0.3 is 9.64 Å². The monoisotopic (exact) mass is 391 g/mol. The van der Waals surface area contributed by atoms with Crippen LogP contribution in [-0.2, 0) is 11.3 Å². The SMILES string of the molecule is CC(=O)c1cccc(OCC(=O)N(C)Cc2c(C)nn(-c3ccccc3)c2C)c1. The number of Topliss-reactive ketones (excluding diaryl/α,β-unsaturated/α-hetero) is 1. The quantitative estimate of drug-likeness (QED) is 0.576. The van der Waals surface area contributed by atoms with Crippen molar-refractivity contribution >= 4 is 11.7 Å². The highest BCUT2D eigenvalue weighted by molar-refractivity contribution is 5.94. The Balaban J connectivity index is 1.66. The molecule has 0 radical (unpaired) electrons. The molecule has 0 atom stereocenters. The first-order valence-electron chi connectivity index (χ1n) is 9.45. The molecule has 1 aromatic heterocycles. The van der Waals surface area contributed by atoms with Crippen molar-refractivity contribution in [2.24, 2.45) is 0 Å². The molecule has 2 aromatic carbocycles. The molecule has 0 saturated heterocycles. The molecular formula is C23H25N3O3. The van der Waals surface area contributed by atoms with Crippen molar-refractivity contribution in [3.8, 4) is 11.4 Å². The summed E-state index contributed by atoms with van der Waals surface area (Å²) in [5.41, 5.74) is 4.46. The molecule has 0 aliphatic carbocycles. The molecule has 1 heterocycles. The smallest absolute Gasteiger partial charge is 0.260 e. The van der Waals surface area contributed by atoms with E-state index in [4.69, 9.17) is 4.74 Å². The van der Waals surface area contributed by atoms with Crippen molar-refractivity contribution in [1.82, 2.24) is 14.7 Å². The normalized spacial score (nSPS) is 10.6. The highest BCUT2D eigenvalue weighted by Gasteiger charge is 2.17. The van der Waals surface area contributed by atoms with Gasteiger partial charge in [0.25, 0.3) is 5.91 Å². The molecule has 0 fully saturated rings. The largest absolute Gasteiger partial charge is 0.484 e. The molecule has 6 heteroatoms. The minimum atomic E-state index is -0.149. The highest BCUT2D eigenvalue weighted by atomic mass is 16.5. The summed E-state index contributed by atoms with van der Waals surface area (Å²) in [5.74, 6) is 0.313. The number of amides is 1. The topological polar surface area (TPSA) is 64.4 Å². The van der Waals surface area contributed by atoms with E-state index in [2.05, 4.69) is 5.10 Å². The van der Waals surface area contributed by atoms with Crippen molar-refractivity contribution in [1.29, 1.82) is 0 Å². The summed E-state index contributed by atoms with van der Waals surface area (Å²) < 4.78 is 7.48. The number of aromatic nitrogens is 2. The average Bonchev–Trinajstić information content (AvgIpc) is 3.01. The third-order valence-corrected chi connectivity index (χ3v) is 4.87. The van der Waals surface area contributed by atoms with Crippen LogP contribution < -0.4 is 4.74 Å². The molecule has 0 aliphatic heterocycles. The van der Waals surface area contributed by atoms with E-state index in [0.717, 1.165) is 22.6 Å². The van der Waals surface area contributed by atoms with Gasteiger partial charge >= 0.3 is 0 Å². The van der Waals surface area contributed by atoms with Crippen LogP contribution in [0.2, 0.25) is 0 Å². The Morgan fingerprint density at radius 2 is 1.79 bits per heavy atom. The lowest BCUT2D eigenvalue weighted by atomic mass is 10.1. The van der Waals surface area contributed by atoms with Gasteiger partial charge in [-0.25, -0.2) is 4.68 Å². The van der Waals surface area contributed by atoms with Crippen LogP contribution in [-0.4, -0.2) is 40.0 Å². The van der Waals surface area contributed by atoms with Crippen molar-refractivity contribution in [3.63, 3.8) is 0 Å². The number of hydrogen-bond acceptors (Lipinski definition) is 4. The number of para-hydroxylation sites is 1. The second-order valence-corrected chi connectivity index (χ2v) is 7.02. The van der Waals surface area contributed by atoms with Gasteiger partial charge in [0.05, 0.1) is 11.4 Å². The second-order valence-electron chi connectivity index (χ2n) is 7.02. The molecular weight excluding hydrogens is 366 g/mol. The second kappa shape index (κ2) is 8.73. The number of aryl methyl sites for hydroxylation is 1. The zero-order chi connectivity index (χ0) is 21.0. The van der Waals surface area contributed by atoms with E-state index in [1.165, 1.54) is 6.92 Å². The van der Waals surface area contributed by atoms with Gasteiger partial charge in [-0.15, -0.1) is 0 Å². The molecule has 0 saturated carbocycles. The Morgan fingerprint density at radius 1 is 1.07 bits per heavy atom. The van der Waals surface area contributed by atoms with E-state index in [1.807, 2.05) is 48.9 Å². The van der Waals surface area contributed by atoms with Crippen molar-refractivity contribution in [3.05, 3.63) is 77.1 Å². The Labute approximate surface area is 170 Å². The lowest BCUT2D eigenvalue weighted by molar-refractivity contribution is -0.132. The fraction of sp³-hybridized carbons (Fsp3) is 0.261. The summed E-state index contributed by atoms with van der Waals surface area (Å²) in [4.78, 5) is 25.6. The van der Waals surface area contributed by atoms with Crippen molar-refractivity contribution < 1.29 is 14.3 Å². The maximum atomic E-state index is 12.5. The zero-order valence-electron chi connectivity index (χ0n) is 17.2. The number of ether oxygens (including phenoxy) is 1. The minimum absolute atomic E-state index is 0.0414. The van der Waals surface area contributed by atoms with Crippen LogP contribution in [0.25, 0.3) is 5.69 Å². The first kappa shape index (κ1) is 20.3. The van der Waals surface area contributed by atoms with Crippen LogP contribution in [0.5, 0.6) is 5.75 Å². The first-order chi connectivity index (χ1) is 13.9. The van der Waals surface area contributed by atoms with E-state index in [9.17, 15) is 9.59 Å². The van der Waals surface area contributed by atoms with Gasteiger partial charge in [-0.1, -0.05) is 30.3 Å². The van der Waals surface area contributed by atoms with Gasteiger partial charge in [0.1, 0.15) is 5.75 Å². The number of likely N-dealkylation sites (N-methyl/N-ethyl adjacent to an activating group) is 1. The fourth-order valence-electron chi connectivity index (χ4n) is 3.11. The van der Waals surface area contributed by atoms with Crippen molar-refractivity contribution in [2.45, 2.75) is 27.3 Å². The summed E-state index contributed by atoms with van der Waals surface area (Å²) in [6, 6.07) is 16.8.